The minimum absolute atomic E-state index is 0. The van der Waals surface area contributed by atoms with Gasteiger partial charge in [-0.2, -0.15) is 5.10 Å². The average Bonchev–Trinajstić information content (AvgIpc) is 2.91. The summed E-state index contributed by atoms with van der Waals surface area (Å²) in [7, 11) is 0. The van der Waals surface area contributed by atoms with Crippen molar-refractivity contribution in [1.82, 2.24) is 15.1 Å². The summed E-state index contributed by atoms with van der Waals surface area (Å²) in [6, 6.07) is 3.18. The maximum absolute atomic E-state index is 13.4. The lowest BCUT2D eigenvalue weighted by atomic mass is 9.92. The third-order valence-corrected chi connectivity index (χ3v) is 3.98. The van der Waals surface area contributed by atoms with E-state index in [4.69, 9.17) is 5.73 Å². The van der Waals surface area contributed by atoms with Gasteiger partial charge in [-0.05, 0) is 31.4 Å². The molecule has 0 saturated carbocycles. The lowest BCUT2D eigenvalue weighted by molar-refractivity contribution is -0.121. The first-order valence-electron chi connectivity index (χ1n) is 7.61. The summed E-state index contributed by atoms with van der Waals surface area (Å²) in [6.45, 7) is 0.299. The van der Waals surface area contributed by atoms with E-state index in [1.807, 2.05) is 0 Å². The minimum Gasteiger partial charge on any atom is -0.349 e. The van der Waals surface area contributed by atoms with Crippen LogP contribution in [0.2, 0.25) is 0 Å². The second-order valence-corrected chi connectivity index (χ2v) is 5.64. The summed E-state index contributed by atoms with van der Waals surface area (Å²) in [4.78, 5) is 11.8. The molecule has 24 heavy (non-hydrogen) atoms. The molecule has 3 rings (SSSR count). The van der Waals surface area contributed by atoms with Gasteiger partial charge < -0.3 is 11.1 Å². The van der Waals surface area contributed by atoms with Crippen molar-refractivity contribution in [3.05, 3.63) is 47.3 Å². The molecule has 2 aromatic rings. The van der Waals surface area contributed by atoms with Crippen molar-refractivity contribution in [1.29, 1.82) is 0 Å². The molecule has 1 atom stereocenters. The monoisotopic (exact) mass is 356 g/mol. The number of amides is 1. The highest BCUT2D eigenvalue weighted by Crippen LogP contribution is 2.31. The standard InChI is InChI=1S/C16H18F2N4O.ClH/c17-10-6-11(18)8-12(7-10)22-15-3-1-2-14(13(15)9-20-22)21-16(23)4-5-19;/h6-9,14H,1-5,19H2,(H,21,23);1H. The fraction of sp³-hybridized carbons (Fsp3) is 0.375. The van der Waals surface area contributed by atoms with Gasteiger partial charge >= 0.3 is 0 Å². The Balaban J connectivity index is 0.00000208. The van der Waals surface area contributed by atoms with E-state index in [1.54, 1.807) is 10.9 Å². The van der Waals surface area contributed by atoms with Gasteiger partial charge in [0.15, 0.2) is 0 Å². The molecule has 8 heteroatoms. The Bertz CT molecular complexity index is 715. The first kappa shape index (κ1) is 18.4. The zero-order valence-corrected chi connectivity index (χ0v) is 13.8. The zero-order valence-electron chi connectivity index (χ0n) is 13.0. The van der Waals surface area contributed by atoms with Crippen molar-refractivity contribution in [3.63, 3.8) is 0 Å². The number of nitrogens with zero attached hydrogens (tertiary/aromatic N) is 2. The SMILES string of the molecule is Cl.NCCC(=O)NC1CCCc2c1cnn2-c1cc(F)cc(F)c1. The van der Waals surface area contributed by atoms with Crippen molar-refractivity contribution in [2.24, 2.45) is 5.73 Å². The van der Waals surface area contributed by atoms with Crippen LogP contribution in [0.25, 0.3) is 5.69 Å². The van der Waals surface area contributed by atoms with Crippen LogP contribution in [0.5, 0.6) is 0 Å². The number of halogens is 3. The molecule has 1 amide bonds. The molecule has 0 radical (unpaired) electrons. The van der Waals surface area contributed by atoms with Crippen molar-refractivity contribution >= 4 is 18.3 Å². The van der Waals surface area contributed by atoms with E-state index in [0.717, 1.165) is 36.6 Å². The first-order valence-corrected chi connectivity index (χ1v) is 7.61. The lowest BCUT2D eigenvalue weighted by Gasteiger charge is -2.24. The maximum atomic E-state index is 13.4. The number of hydrogen-bond acceptors (Lipinski definition) is 3. The molecule has 1 aliphatic carbocycles. The Morgan fingerprint density at radius 1 is 1.33 bits per heavy atom. The Hall–Kier alpha value is -1.99. The number of carbonyl (C=O) groups is 1. The molecule has 1 aromatic heterocycles. The molecule has 1 heterocycles. The van der Waals surface area contributed by atoms with E-state index in [9.17, 15) is 13.6 Å². The van der Waals surface area contributed by atoms with Crippen molar-refractivity contribution in [2.45, 2.75) is 31.7 Å². The third kappa shape index (κ3) is 3.73. The number of fused-ring (bicyclic) bond motifs is 1. The Morgan fingerprint density at radius 3 is 2.71 bits per heavy atom. The summed E-state index contributed by atoms with van der Waals surface area (Å²) in [5.41, 5.74) is 7.50. The van der Waals surface area contributed by atoms with Crippen LogP contribution < -0.4 is 11.1 Å². The number of hydrogen-bond donors (Lipinski definition) is 2. The number of nitrogens with one attached hydrogen (secondary N) is 1. The molecular weight excluding hydrogens is 338 g/mol. The maximum Gasteiger partial charge on any atom is 0.221 e. The highest BCUT2D eigenvalue weighted by Gasteiger charge is 2.26. The van der Waals surface area contributed by atoms with E-state index in [2.05, 4.69) is 10.4 Å². The lowest BCUT2D eigenvalue weighted by Crippen LogP contribution is -2.32. The predicted molar refractivity (Wildman–Crippen MR) is 88.2 cm³/mol. The molecule has 1 aliphatic rings. The molecule has 0 spiro atoms. The van der Waals surface area contributed by atoms with Crippen LogP contribution >= 0.6 is 12.4 Å². The van der Waals surface area contributed by atoms with Gasteiger partial charge in [0, 0.05) is 30.3 Å². The van der Waals surface area contributed by atoms with E-state index >= 15 is 0 Å². The number of aromatic nitrogens is 2. The zero-order chi connectivity index (χ0) is 16.4. The summed E-state index contributed by atoms with van der Waals surface area (Å²) < 4.78 is 28.4. The molecule has 0 saturated heterocycles. The van der Waals surface area contributed by atoms with Crippen LogP contribution in [-0.4, -0.2) is 22.2 Å². The molecule has 130 valence electrons. The highest BCUT2D eigenvalue weighted by molar-refractivity contribution is 5.85. The molecule has 0 aliphatic heterocycles. The van der Waals surface area contributed by atoms with E-state index in [1.165, 1.54) is 12.1 Å². The normalized spacial score (nSPS) is 16.2. The summed E-state index contributed by atoms with van der Waals surface area (Å²) in [6.07, 6.45) is 4.35. The average molecular weight is 357 g/mol. The van der Waals surface area contributed by atoms with Crippen LogP contribution in [0.15, 0.2) is 24.4 Å². The second-order valence-electron chi connectivity index (χ2n) is 5.64. The molecule has 1 unspecified atom stereocenters. The van der Waals surface area contributed by atoms with E-state index in [0.29, 0.717) is 12.2 Å². The smallest absolute Gasteiger partial charge is 0.221 e. The molecular formula is C16H19ClF2N4O. The molecule has 3 N–H and O–H groups in total. The first-order chi connectivity index (χ1) is 11.1. The third-order valence-electron chi connectivity index (χ3n) is 3.98. The summed E-state index contributed by atoms with van der Waals surface area (Å²) >= 11 is 0. The van der Waals surface area contributed by atoms with Crippen LogP contribution in [0.4, 0.5) is 8.78 Å². The summed E-state index contributed by atoms with van der Waals surface area (Å²) in [5, 5.41) is 7.20. The minimum atomic E-state index is -0.646. The molecule has 0 bridgehead atoms. The highest BCUT2D eigenvalue weighted by atomic mass is 35.5. The number of carbonyl (C=O) groups excluding carboxylic acids is 1. The molecule has 5 nitrogen and oxygen atoms in total. The van der Waals surface area contributed by atoms with Gasteiger partial charge in [0.2, 0.25) is 5.91 Å². The predicted octanol–water partition coefficient (Wildman–Crippen LogP) is 2.41. The Kier molecular flexibility index (Phi) is 5.90. The van der Waals surface area contributed by atoms with Gasteiger partial charge in [-0.25, -0.2) is 13.5 Å². The van der Waals surface area contributed by atoms with Crippen LogP contribution in [0, 0.1) is 11.6 Å². The summed E-state index contributed by atoms with van der Waals surface area (Å²) in [5.74, 6) is -1.39. The number of rotatable bonds is 4. The second kappa shape index (κ2) is 7.72. The van der Waals surface area contributed by atoms with E-state index in [-0.39, 0.29) is 30.8 Å². The fourth-order valence-electron chi connectivity index (χ4n) is 2.99. The topological polar surface area (TPSA) is 72.9 Å². The molecule has 1 aromatic carbocycles. The van der Waals surface area contributed by atoms with E-state index < -0.39 is 11.6 Å². The van der Waals surface area contributed by atoms with Gasteiger partial charge in [0.05, 0.1) is 17.9 Å². The number of benzene rings is 1. The van der Waals surface area contributed by atoms with Gasteiger partial charge in [-0.3, -0.25) is 4.79 Å². The Labute approximate surface area is 144 Å². The Morgan fingerprint density at radius 2 is 2.04 bits per heavy atom. The van der Waals surface area contributed by atoms with Crippen molar-refractivity contribution < 1.29 is 13.6 Å². The van der Waals surface area contributed by atoms with Gasteiger partial charge in [-0.15, -0.1) is 12.4 Å². The van der Waals surface area contributed by atoms with Gasteiger partial charge in [0.25, 0.3) is 0 Å². The van der Waals surface area contributed by atoms with Crippen molar-refractivity contribution in [3.8, 4) is 5.69 Å². The number of nitrogens with two attached hydrogens (primary N) is 1. The largest absolute Gasteiger partial charge is 0.349 e. The molecule has 0 fully saturated rings. The van der Waals surface area contributed by atoms with Crippen LogP contribution in [0.3, 0.4) is 0 Å². The van der Waals surface area contributed by atoms with Crippen LogP contribution in [-0.2, 0) is 11.2 Å². The quantitative estimate of drug-likeness (QED) is 0.883. The van der Waals surface area contributed by atoms with Gasteiger partial charge in [0.1, 0.15) is 11.6 Å². The van der Waals surface area contributed by atoms with Gasteiger partial charge in [-0.1, -0.05) is 0 Å². The van der Waals surface area contributed by atoms with Crippen molar-refractivity contribution in [2.75, 3.05) is 6.54 Å². The fourth-order valence-corrected chi connectivity index (χ4v) is 2.99. The van der Waals surface area contributed by atoms with Crippen LogP contribution in [0.1, 0.15) is 36.6 Å².